The highest BCUT2D eigenvalue weighted by molar-refractivity contribution is 5.39. The van der Waals surface area contributed by atoms with Gasteiger partial charge in [-0.1, -0.05) is 6.07 Å². The van der Waals surface area contributed by atoms with E-state index in [-0.39, 0.29) is 19.0 Å². The summed E-state index contributed by atoms with van der Waals surface area (Å²) >= 11 is 0. The zero-order chi connectivity index (χ0) is 15.7. The number of hydrogen-bond acceptors (Lipinski definition) is 4. The van der Waals surface area contributed by atoms with E-state index in [1.807, 2.05) is 0 Å². The van der Waals surface area contributed by atoms with Crippen molar-refractivity contribution < 1.29 is 27.4 Å². The quantitative estimate of drug-likeness (QED) is 0.712. The topological polar surface area (TPSA) is 39.7 Å². The summed E-state index contributed by atoms with van der Waals surface area (Å²) in [6.07, 6.45) is -4.45. The summed E-state index contributed by atoms with van der Waals surface area (Å²) in [5.41, 5.74) is -0.222. The number of methoxy groups -OCH3 is 1. The summed E-state index contributed by atoms with van der Waals surface area (Å²) in [6, 6.07) is 4.04. The molecular weight excluding hydrogens is 287 g/mol. The maximum Gasteiger partial charge on any atom is 0.419 e. The van der Waals surface area contributed by atoms with Gasteiger partial charge in [0.05, 0.1) is 25.4 Å². The van der Waals surface area contributed by atoms with Crippen LogP contribution in [0.4, 0.5) is 13.2 Å². The monoisotopic (exact) mass is 307 g/mol. The second-order valence-electron chi connectivity index (χ2n) is 4.31. The van der Waals surface area contributed by atoms with Gasteiger partial charge in [-0.3, -0.25) is 0 Å². The SMILES string of the molecule is CNCc1ccc(OCCOCCOC)c(C(F)(F)F)c1. The van der Waals surface area contributed by atoms with Crippen molar-refractivity contribution in [2.75, 3.05) is 40.6 Å². The van der Waals surface area contributed by atoms with E-state index < -0.39 is 11.7 Å². The lowest BCUT2D eigenvalue weighted by Crippen LogP contribution is -2.14. The van der Waals surface area contributed by atoms with Crippen LogP contribution in [0.2, 0.25) is 0 Å². The van der Waals surface area contributed by atoms with Gasteiger partial charge in [-0.15, -0.1) is 0 Å². The molecule has 1 N–H and O–H groups in total. The molecule has 0 atom stereocenters. The normalized spacial score (nSPS) is 11.7. The Labute approximate surface area is 122 Å². The second-order valence-corrected chi connectivity index (χ2v) is 4.31. The van der Waals surface area contributed by atoms with Crippen LogP contribution in [-0.2, 0) is 22.2 Å². The predicted octanol–water partition coefficient (Wildman–Crippen LogP) is 2.47. The van der Waals surface area contributed by atoms with Crippen molar-refractivity contribution in [2.24, 2.45) is 0 Å². The predicted molar refractivity (Wildman–Crippen MR) is 72.4 cm³/mol. The molecule has 0 aliphatic carbocycles. The second kappa shape index (κ2) is 8.86. The molecule has 0 bridgehead atoms. The van der Waals surface area contributed by atoms with Crippen LogP contribution >= 0.6 is 0 Å². The zero-order valence-corrected chi connectivity index (χ0v) is 12.1. The lowest BCUT2D eigenvalue weighted by molar-refractivity contribution is -0.139. The van der Waals surface area contributed by atoms with Gasteiger partial charge in [0.1, 0.15) is 12.4 Å². The van der Waals surface area contributed by atoms with Gasteiger partial charge in [-0.2, -0.15) is 13.2 Å². The van der Waals surface area contributed by atoms with Crippen LogP contribution in [0.25, 0.3) is 0 Å². The average Bonchev–Trinajstić information content (AvgIpc) is 2.43. The number of halogens is 3. The summed E-state index contributed by atoms with van der Waals surface area (Å²) in [5, 5.41) is 2.81. The third-order valence-electron chi connectivity index (χ3n) is 2.65. The molecule has 0 aliphatic rings. The number of nitrogens with one attached hydrogen (secondary N) is 1. The Hall–Kier alpha value is -1.31. The van der Waals surface area contributed by atoms with Crippen molar-refractivity contribution in [1.29, 1.82) is 0 Å². The third-order valence-corrected chi connectivity index (χ3v) is 2.65. The standard InChI is InChI=1S/C14H20F3NO3/c1-18-10-11-3-4-13(12(9-11)14(15,16)17)21-8-7-20-6-5-19-2/h3-4,9,18H,5-8,10H2,1-2H3. The Morgan fingerprint density at radius 2 is 1.81 bits per heavy atom. The maximum absolute atomic E-state index is 13.0. The Bertz CT molecular complexity index is 424. The molecule has 21 heavy (non-hydrogen) atoms. The molecule has 0 spiro atoms. The van der Waals surface area contributed by atoms with E-state index >= 15 is 0 Å². The van der Waals surface area contributed by atoms with E-state index in [1.54, 1.807) is 20.2 Å². The molecule has 1 aromatic rings. The van der Waals surface area contributed by atoms with Crippen LogP contribution in [0.1, 0.15) is 11.1 Å². The summed E-state index contributed by atoms with van der Waals surface area (Å²) in [6.45, 7) is 1.44. The van der Waals surface area contributed by atoms with Crippen LogP contribution in [-0.4, -0.2) is 40.6 Å². The Morgan fingerprint density at radius 1 is 1.10 bits per heavy atom. The van der Waals surface area contributed by atoms with Crippen LogP contribution in [0, 0.1) is 0 Å². The van der Waals surface area contributed by atoms with Gasteiger partial charge >= 0.3 is 6.18 Å². The Kier molecular flexibility index (Phi) is 7.49. The van der Waals surface area contributed by atoms with Crippen LogP contribution in [0.5, 0.6) is 5.75 Å². The first-order chi connectivity index (χ1) is 9.99. The number of alkyl halides is 3. The molecule has 0 aliphatic heterocycles. The van der Waals surface area contributed by atoms with Gasteiger partial charge in [0.25, 0.3) is 0 Å². The molecule has 7 heteroatoms. The fourth-order valence-corrected chi connectivity index (χ4v) is 1.69. The molecule has 0 saturated heterocycles. The van der Waals surface area contributed by atoms with Crippen molar-refractivity contribution in [2.45, 2.75) is 12.7 Å². The minimum absolute atomic E-state index is 0.0537. The van der Waals surface area contributed by atoms with Gasteiger partial charge in [0, 0.05) is 13.7 Å². The molecule has 0 aromatic heterocycles. The highest BCUT2D eigenvalue weighted by Crippen LogP contribution is 2.36. The molecule has 0 fully saturated rings. The number of ether oxygens (including phenoxy) is 3. The fraction of sp³-hybridized carbons (Fsp3) is 0.571. The summed E-state index contributed by atoms with van der Waals surface area (Å²) in [5.74, 6) is -0.183. The van der Waals surface area contributed by atoms with Crippen molar-refractivity contribution in [1.82, 2.24) is 5.32 Å². The Balaban J connectivity index is 2.63. The molecule has 120 valence electrons. The molecule has 0 radical (unpaired) electrons. The molecule has 0 unspecified atom stereocenters. The fourth-order valence-electron chi connectivity index (χ4n) is 1.69. The van der Waals surface area contributed by atoms with Crippen molar-refractivity contribution in [3.05, 3.63) is 29.3 Å². The van der Waals surface area contributed by atoms with Gasteiger partial charge < -0.3 is 19.5 Å². The van der Waals surface area contributed by atoms with E-state index in [4.69, 9.17) is 14.2 Å². The van der Waals surface area contributed by atoms with E-state index in [9.17, 15) is 13.2 Å². The van der Waals surface area contributed by atoms with Crippen LogP contribution in [0.15, 0.2) is 18.2 Å². The minimum Gasteiger partial charge on any atom is -0.491 e. The Morgan fingerprint density at radius 3 is 2.43 bits per heavy atom. The summed E-state index contributed by atoms with van der Waals surface area (Å²) in [7, 11) is 3.22. The smallest absolute Gasteiger partial charge is 0.419 e. The lowest BCUT2D eigenvalue weighted by Gasteiger charge is -2.15. The van der Waals surface area contributed by atoms with E-state index in [0.29, 0.717) is 25.3 Å². The number of benzene rings is 1. The van der Waals surface area contributed by atoms with E-state index in [2.05, 4.69) is 5.32 Å². The molecule has 0 heterocycles. The largest absolute Gasteiger partial charge is 0.491 e. The van der Waals surface area contributed by atoms with Gasteiger partial charge in [0.15, 0.2) is 0 Å². The van der Waals surface area contributed by atoms with Crippen LogP contribution in [0.3, 0.4) is 0 Å². The van der Waals surface area contributed by atoms with E-state index in [0.717, 1.165) is 6.07 Å². The maximum atomic E-state index is 13.0. The molecule has 0 amide bonds. The highest BCUT2D eigenvalue weighted by atomic mass is 19.4. The molecular formula is C14H20F3NO3. The minimum atomic E-state index is -4.45. The summed E-state index contributed by atoms with van der Waals surface area (Å²) in [4.78, 5) is 0. The first kappa shape index (κ1) is 17.7. The zero-order valence-electron chi connectivity index (χ0n) is 12.1. The highest BCUT2D eigenvalue weighted by Gasteiger charge is 2.34. The van der Waals surface area contributed by atoms with E-state index in [1.165, 1.54) is 6.07 Å². The van der Waals surface area contributed by atoms with Crippen molar-refractivity contribution >= 4 is 0 Å². The average molecular weight is 307 g/mol. The lowest BCUT2D eigenvalue weighted by atomic mass is 10.1. The third kappa shape index (κ3) is 6.33. The first-order valence-electron chi connectivity index (χ1n) is 6.53. The van der Waals surface area contributed by atoms with Crippen molar-refractivity contribution in [3.8, 4) is 5.75 Å². The molecule has 4 nitrogen and oxygen atoms in total. The first-order valence-corrected chi connectivity index (χ1v) is 6.53. The molecule has 1 aromatic carbocycles. The molecule has 0 saturated carbocycles. The van der Waals surface area contributed by atoms with Gasteiger partial charge in [0.2, 0.25) is 0 Å². The van der Waals surface area contributed by atoms with Crippen LogP contribution < -0.4 is 10.1 Å². The summed E-state index contributed by atoms with van der Waals surface area (Å²) < 4.78 is 54.1. The number of hydrogen-bond donors (Lipinski definition) is 1. The molecule has 1 rings (SSSR count). The van der Waals surface area contributed by atoms with Gasteiger partial charge in [-0.05, 0) is 24.7 Å². The number of rotatable bonds is 9. The van der Waals surface area contributed by atoms with Crippen molar-refractivity contribution in [3.63, 3.8) is 0 Å². The van der Waals surface area contributed by atoms with Gasteiger partial charge in [-0.25, -0.2) is 0 Å².